The molecule has 2 aromatic heterocycles. The van der Waals surface area contributed by atoms with E-state index in [0.29, 0.717) is 39.3 Å². The molecule has 0 spiro atoms. The zero-order valence-electron chi connectivity index (χ0n) is 17.5. The number of hydrogen-bond donors (Lipinski definition) is 2. The number of carbonyl (C=O) groups is 1. The van der Waals surface area contributed by atoms with Crippen molar-refractivity contribution in [1.29, 1.82) is 0 Å². The molecule has 1 amide bonds. The summed E-state index contributed by atoms with van der Waals surface area (Å²) in [7, 11) is 1.56. The zero-order valence-corrected chi connectivity index (χ0v) is 17.5. The Bertz CT molecular complexity index is 1350. The van der Waals surface area contributed by atoms with E-state index in [1.165, 1.54) is 12.3 Å². The number of carbonyl (C=O) groups excluding carboxylic acids is 1. The quantitative estimate of drug-likeness (QED) is 0.332. The molecule has 0 unspecified atom stereocenters. The highest BCUT2D eigenvalue weighted by Crippen LogP contribution is 2.32. The number of benzene rings is 2. The SMILES string of the molecule is CNC(=O)c1c(C)oc2cc(Oc3ccnc(Nc4c(C)cccc4[N+](=O)[O-])n3)ccc12. The van der Waals surface area contributed by atoms with Gasteiger partial charge in [0.15, 0.2) is 0 Å². The Morgan fingerprint density at radius 3 is 2.75 bits per heavy atom. The Hall–Kier alpha value is -4.47. The van der Waals surface area contributed by atoms with Crippen molar-refractivity contribution in [1.82, 2.24) is 15.3 Å². The Kier molecular flexibility index (Phi) is 5.42. The lowest BCUT2D eigenvalue weighted by Gasteiger charge is -2.10. The summed E-state index contributed by atoms with van der Waals surface area (Å²) in [5, 5.41) is 17.5. The van der Waals surface area contributed by atoms with E-state index >= 15 is 0 Å². The fourth-order valence-corrected chi connectivity index (χ4v) is 3.33. The van der Waals surface area contributed by atoms with Crippen LogP contribution in [0.25, 0.3) is 11.0 Å². The maximum atomic E-state index is 12.1. The van der Waals surface area contributed by atoms with Gasteiger partial charge in [-0.1, -0.05) is 12.1 Å². The van der Waals surface area contributed by atoms with Crippen LogP contribution in [0.3, 0.4) is 0 Å². The van der Waals surface area contributed by atoms with Gasteiger partial charge in [0.1, 0.15) is 22.8 Å². The van der Waals surface area contributed by atoms with E-state index in [1.54, 1.807) is 57.3 Å². The predicted octanol–water partition coefficient (Wildman–Crippen LogP) is 4.64. The third-order valence-electron chi connectivity index (χ3n) is 4.83. The van der Waals surface area contributed by atoms with Crippen molar-refractivity contribution in [2.45, 2.75) is 13.8 Å². The molecule has 162 valence electrons. The minimum absolute atomic E-state index is 0.0783. The molecule has 10 nitrogen and oxygen atoms in total. The van der Waals surface area contributed by atoms with E-state index in [1.807, 2.05) is 0 Å². The molecular weight excluding hydrogens is 414 g/mol. The van der Waals surface area contributed by atoms with Gasteiger partial charge in [0.2, 0.25) is 11.8 Å². The molecule has 0 saturated heterocycles. The van der Waals surface area contributed by atoms with E-state index in [9.17, 15) is 14.9 Å². The number of ether oxygens (including phenoxy) is 1. The van der Waals surface area contributed by atoms with Gasteiger partial charge < -0.3 is 19.8 Å². The van der Waals surface area contributed by atoms with Crippen LogP contribution in [0.4, 0.5) is 17.3 Å². The molecule has 0 aliphatic heterocycles. The summed E-state index contributed by atoms with van der Waals surface area (Å²) in [6, 6.07) is 11.4. The van der Waals surface area contributed by atoms with Crippen molar-refractivity contribution >= 4 is 34.2 Å². The number of nitrogens with zero attached hydrogens (tertiary/aromatic N) is 3. The average molecular weight is 433 g/mol. The molecule has 4 aromatic rings. The van der Waals surface area contributed by atoms with E-state index in [-0.39, 0.29) is 23.4 Å². The van der Waals surface area contributed by atoms with Crippen LogP contribution in [0.15, 0.2) is 53.1 Å². The number of para-hydroxylation sites is 1. The third kappa shape index (κ3) is 3.93. The zero-order chi connectivity index (χ0) is 22.8. The van der Waals surface area contributed by atoms with Crippen LogP contribution in [0.5, 0.6) is 11.6 Å². The maximum Gasteiger partial charge on any atom is 0.293 e. The molecule has 0 fully saturated rings. The van der Waals surface area contributed by atoms with Crippen LogP contribution in [0, 0.1) is 24.0 Å². The summed E-state index contributed by atoms with van der Waals surface area (Å²) in [5.41, 5.74) is 1.89. The second kappa shape index (κ2) is 8.34. The highest BCUT2D eigenvalue weighted by molar-refractivity contribution is 6.07. The molecule has 2 aromatic carbocycles. The fourth-order valence-electron chi connectivity index (χ4n) is 3.33. The van der Waals surface area contributed by atoms with Crippen molar-refractivity contribution in [3.05, 3.63) is 75.7 Å². The van der Waals surface area contributed by atoms with Crippen molar-refractivity contribution in [3.63, 3.8) is 0 Å². The van der Waals surface area contributed by atoms with Crippen LogP contribution in [0.2, 0.25) is 0 Å². The summed E-state index contributed by atoms with van der Waals surface area (Å²) < 4.78 is 11.5. The van der Waals surface area contributed by atoms with Crippen molar-refractivity contribution < 1.29 is 18.9 Å². The smallest absolute Gasteiger partial charge is 0.293 e. The number of amides is 1. The number of nitrogens with one attached hydrogen (secondary N) is 2. The van der Waals surface area contributed by atoms with Crippen LogP contribution in [0.1, 0.15) is 21.7 Å². The molecule has 0 aliphatic carbocycles. The predicted molar refractivity (Wildman–Crippen MR) is 118 cm³/mol. The molecular formula is C22H19N5O5. The lowest BCUT2D eigenvalue weighted by Crippen LogP contribution is -2.18. The number of rotatable bonds is 6. The standard InChI is InChI=1S/C22H19N5O5/c1-12-5-4-6-16(27(29)30)20(12)26-22-24-10-9-18(25-22)32-14-7-8-15-17(11-14)31-13(2)19(15)21(28)23-3/h4-11H,1-3H3,(H,23,28)(H,24,25,26). The summed E-state index contributed by atoms with van der Waals surface area (Å²) in [4.78, 5) is 31.4. The van der Waals surface area contributed by atoms with Crippen LogP contribution >= 0.6 is 0 Å². The van der Waals surface area contributed by atoms with Gasteiger partial charge in [-0.2, -0.15) is 4.98 Å². The van der Waals surface area contributed by atoms with Crippen molar-refractivity contribution in [2.24, 2.45) is 0 Å². The summed E-state index contributed by atoms with van der Waals surface area (Å²) in [6.45, 7) is 3.47. The molecule has 10 heteroatoms. The highest BCUT2D eigenvalue weighted by atomic mass is 16.6. The van der Waals surface area contributed by atoms with E-state index in [2.05, 4.69) is 20.6 Å². The molecule has 0 saturated carbocycles. The Labute approximate surface area is 182 Å². The first-order valence-electron chi connectivity index (χ1n) is 9.64. The van der Waals surface area contributed by atoms with Crippen LogP contribution < -0.4 is 15.4 Å². The third-order valence-corrected chi connectivity index (χ3v) is 4.83. The molecule has 2 heterocycles. The van der Waals surface area contributed by atoms with Gasteiger partial charge in [0.25, 0.3) is 11.6 Å². The fraction of sp³-hybridized carbons (Fsp3) is 0.136. The van der Waals surface area contributed by atoms with Crippen molar-refractivity contribution in [3.8, 4) is 11.6 Å². The number of hydrogen-bond acceptors (Lipinski definition) is 8. The lowest BCUT2D eigenvalue weighted by molar-refractivity contribution is -0.384. The number of fused-ring (bicyclic) bond motifs is 1. The van der Waals surface area contributed by atoms with Gasteiger partial charge in [0.05, 0.1) is 10.5 Å². The number of nitro benzene ring substituents is 1. The molecule has 4 rings (SSSR count). The number of aryl methyl sites for hydroxylation is 2. The van der Waals surface area contributed by atoms with Crippen LogP contribution in [-0.4, -0.2) is 27.8 Å². The second-order valence-corrected chi connectivity index (χ2v) is 6.94. The van der Waals surface area contributed by atoms with Gasteiger partial charge in [-0.15, -0.1) is 0 Å². The summed E-state index contributed by atoms with van der Waals surface area (Å²) >= 11 is 0. The number of aromatic nitrogens is 2. The highest BCUT2D eigenvalue weighted by Gasteiger charge is 2.19. The Morgan fingerprint density at radius 1 is 1.19 bits per heavy atom. The van der Waals surface area contributed by atoms with Gasteiger partial charge in [0, 0.05) is 36.8 Å². The normalized spacial score (nSPS) is 10.7. The van der Waals surface area contributed by atoms with Gasteiger partial charge in [-0.3, -0.25) is 14.9 Å². The van der Waals surface area contributed by atoms with Gasteiger partial charge in [-0.25, -0.2) is 4.98 Å². The molecule has 2 N–H and O–H groups in total. The average Bonchev–Trinajstić information content (AvgIpc) is 3.09. The molecule has 0 aliphatic rings. The van der Waals surface area contributed by atoms with Gasteiger partial charge >= 0.3 is 0 Å². The van der Waals surface area contributed by atoms with Gasteiger partial charge in [-0.05, 0) is 31.5 Å². The first-order valence-corrected chi connectivity index (χ1v) is 9.64. The first-order chi connectivity index (χ1) is 15.4. The van der Waals surface area contributed by atoms with E-state index in [4.69, 9.17) is 9.15 Å². The first kappa shape index (κ1) is 20.8. The van der Waals surface area contributed by atoms with E-state index < -0.39 is 4.92 Å². The molecule has 0 atom stereocenters. The number of furan rings is 1. The van der Waals surface area contributed by atoms with E-state index in [0.717, 1.165) is 0 Å². The lowest BCUT2D eigenvalue weighted by atomic mass is 10.1. The molecule has 32 heavy (non-hydrogen) atoms. The monoisotopic (exact) mass is 433 g/mol. The Balaban J connectivity index is 1.61. The summed E-state index contributed by atoms with van der Waals surface area (Å²) in [6.07, 6.45) is 1.48. The van der Waals surface area contributed by atoms with Crippen molar-refractivity contribution in [2.75, 3.05) is 12.4 Å². The number of anilines is 2. The second-order valence-electron chi connectivity index (χ2n) is 6.94. The largest absolute Gasteiger partial charge is 0.460 e. The summed E-state index contributed by atoms with van der Waals surface area (Å²) in [5.74, 6) is 1.10. The van der Waals surface area contributed by atoms with Crippen LogP contribution in [-0.2, 0) is 0 Å². The maximum absolute atomic E-state index is 12.1. The minimum Gasteiger partial charge on any atom is -0.460 e. The molecule has 0 radical (unpaired) electrons. The molecule has 0 bridgehead atoms. The Morgan fingerprint density at radius 2 is 2.00 bits per heavy atom. The number of nitro groups is 1. The minimum atomic E-state index is -0.469. The topological polar surface area (TPSA) is 132 Å².